The van der Waals surface area contributed by atoms with Gasteiger partial charge in [0, 0.05) is 25.2 Å². The molecule has 1 saturated heterocycles. The number of morpholine rings is 1. The van der Waals surface area contributed by atoms with E-state index in [1.165, 1.54) is 0 Å². The molecule has 0 aromatic carbocycles. The molecule has 0 aromatic rings. The molecule has 1 heterocycles. The van der Waals surface area contributed by atoms with Crippen molar-refractivity contribution in [2.24, 2.45) is 5.73 Å². The standard InChI is InChI=1S/C14H29N3O2/c1-4-5-6-12(15)13(18)16-11-14(2,3)17-7-9-19-10-8-17/h12H,4-11,15H2,1-3H3,(H,16,18). The van der Waals surface area contributed by atoms with Crippen LogP contribution in [0.2, 0.25) is 0 Å². The maximum absolute atomic E-state index is 11.9. The monoisotopic (exact) mass is 271 g/mol. The molecular weight excluding hydrogens is 242 g/mol. The second-order valence-electron chi connectivity index (χ2n) is 5.88. The van der Waals surface area contributed by atoms with Gasteiger partial charge in [-0.25, -0.2) is 0 Å². The van der Waals surface area contributed by atoms with Crippen molar-refractivity contribution in [3.05, 3.63) is 0 Å². The van der Waals surface area contributed by atoms with E-state index in [4.69, 9.17) is 10.5 Å². The second kappa shape index (κ2) is 7.82. The first-order chi connectivity index (χ1) is 8.97. The Bertz CT molecular complexity index is 276. The molecule has 5 heteroatoms. The maximum Gasteiger partial charge on any atom is 0.236 e. The third-order valence-corrected chi connectivity index (χ3v) is 3.77. The normalized spacial score (nSPS) is 19.2. The van der Waals surface area contributed by atoms with E-state index in [1.54, 1.807) is 0 Å². The molecular formula is C14H29N3O2. The van der Waals surface area contributed by atoms with E-state index in [2.05, 4.69) is 31.0 Å². The van der Waals surface area contributed by atoms with Crippen molar-refractivity contribution in [2.75, 3.05) is 32.8 Å². The Kier molecular flexibility index (Phi) is 6.75. The van der Waals surface area contributed by atoms with Gasteiger partial charge in [0.25, 0.3) is 0 Å². The van der Waals surface area contributed by atoms with Gasteiger partial charge in [0.1, 0.15) is 0 Å². The van der Waals surface area contributed by atoms with Crippen LogP contribution in [-0.4, -0.2) is 55.2 Å². The molecule has 0 spiro atoms. The van der Waals surface area contributed by atoms with Gasteiger partial charge in [-0.15, -0.1) is 0 Å². The predicted octanol–water partition coefficient (Wildman–Crippen LogP) is 0.731. The molecule has 0 saturated carbocycles. The number of ether oxygens (including phenoxy) is 1. The molecule has 1 aliphatic heterocycles. The molecule has 0 aliphatic carbocycles. The molecule has 1 unspecified atom stereocenters. The lowest BCUT2D eigenvalue weighted by molar-refractivity contribution is -0.123. The maximum atomic E-state index is 11.9. The third kappa shape index (κ3) is 5.47. The topological polar surface area (TPSA) is 67.6 Å². The summed E-state index contributed by atoms with van der Waals surface area (Å²) < 4.78 is 5.35. The Morgan fingerprint density at radius 2 is 2.05 bits per heavy atom. The smallest absolute Gasteiger partial charge is 0.236 e. The molecule has 0 radical (unpaired) electrons. The van der Waals surface area contributed by atoms with Gasteiger partial charge < -0.3 is 15.8 Å². The molecule has 1 fully saturated rings. The first kappa shape index (κ1) is 16.4. The molecule has 1 amide bonds. The fourth-order valence-electron chi connectivity index (χ4n) is 2.27. The summed E-state index contributed by atoms with van der Waals surface area (Å²) in [6, 6.07) is -0.375. The van der Waals surface area contributed by atoms with Crippen molar-refractivity contribution >= 4 is 5.91 Å². The number of carbonyl (C=O) groups excluding carboxylic acids is 1. The zero-order chi connectivity index (χ0) is 14.3. The molecule has 3 N–H and O–H groups in total. The number of amides is 1. The number of rotatable bonds is 7. The largest absolute Gasteiger partial charge is 0.379 e. The highest BCUT2D eigenvalue weighted by atomic mass is 16.5. The first-order valence-electron chi connectivity index (χ1n) is 7.33. The third-order valence-electron chi connectivity index (χ3n) is 3.77. The molecule has 1 atom stereocenters. The molecule has 0 bridgehead atoms. The van der Waals surface area contributed by atoms with E-state index in [0.29, 0.717) is 6.54 Å². The number of nitrogens with one attached hydrogen (secondary N) is 1. The van der Waals surface area contributed by atoms with Crippen LogP contribution in [0.15, 0.2) is 0 Å². The molecule has 5 nitrogen and oxygen atoms in total. The Balaban J connectivity index is 2.34. The van der Waals surface area contributed by atoms with Crippen molar-refractivity contribution in [3.8, 4) is 0 Å². The molecule has 1 aliphatic rings. The van der Waals surface area contributed by atoms with Crippen LogP contribution >= 0.6 is 0 Å². The summed E-state index contributed by atoms with van der Waals surface area (Å²) >= 11 is 0. The summed E-state index contributed by atoms with van der Waals surface area (Å²) in [6.45, 7) is 10.4. The number of hydrogen-bond acceptors (Lipinski definition) is 4. The highest BCUT2D eigenvalue weighted by molar-refractivity contribution is 5.81. The zero-order valence-corrected chi connectivity index (χ0v) is 12.6. The van der Waals surface area contributed by atoms with Crippen LogP contribution in [0.1, 0.15) is 40.0 Å². The van der Waals surface area contributed by atoms with Crippen LogP contribution < -0.4 is 11.1 Å². The van der Waals surface area contributed by atoms with Crippen LogP contribution in [-0.2, 0) is 9.53 Å². The number of carbonyl (C=O) groups is 1. The Morgan fingerprint density at radius 1 is 1.42 bits per heavy atom. The van der Waals surface area contributed by atoms with Gasteiger partial charge in [-0.3, -0.25) is 9.69 Å². The van der Waals surface area contributed by atoms with Gasteiger partial charge in [0.2, 0.25) is 5.91 Å². The van der Waals surface area contributed by atoms with Gasteiger partial charge in [0.15, 0.2) is 0 Å². The van der Waals surface area contributed by atoms with Crippen LogP contribution in [0.25, 0.3) is 0 Å². The number of hydrogen-bond donors (Lipinski definition) is 2. The second-order valence-corrected chi connectivity index (χ2v) is 5.88. The van der Waals surface area contributed by atoms with Gasteiger partial charge in [-0.2, -0.15) is 0 Å². The van der Waals surface area contributed by atoms with Crippen LogP contribution in [0, 0.1) is 0 Å². The summed E-state index contributed by atoms with van der Waals surface area (Å²) in [5.74, 6) is -0.0326. The van der Waals surface area contributed by atoms with E-state index in [-0.39, 0.29) is 17.5 Å². The van der Waals surface area contributed by atoms with Gasteiger partial charge in [-0.1, -0.05) is 19.8 Å². The zero-order valence-electron chi connectivity index (χ0n) is 12.6. The van der Waals surface area contributed by atoms with Crippen molar-refractivity contribution in [1.29, 1.82) is 0 Å². The minimum Gasteiger partial charge on any atom is -0.379 e. The first-order valence-corrected chi connectivity index (χ1v) is 7.33. The Morgan fingerprint density at radius 3 is 2.63 bits per heavy atom. The van der Waals surface area contributed by atoms with Crippen molar-refractivity contribution in [2.45, 2.75) is 51.6 Å². The summed E-state index contributed by atoms with van der Waals surface area (Å²) in [5, 5.41) is 2.98. The summed E-state index contributed by atoms with van der Waals surface area (Å²) in [5.41, 5.74) is 5.81. The molecule has 1 rings (SSSR count). The number of nitrogens with two attached hydrogens (primary N) is 1. The summed E-state index contributed by atoms with van der Waals surface area (Å²) in [6.07, 6.45) is 2.84. The van der Waals surface area contributed by atoms with Crippen LogP contribution in [0.4, 0.5) is 0 Å². The minimum absolute atomic E-state index is 0.0326. The quantitative estimate of drug-likeness (QED) is 0.716. The van der Waals surface area contributed by atoms with Crippen LogP contribution in [0.3, 0.4) is 0 Å². The lowest BCUT2D eigenvalue weighted by atomic mass is 10.0. The average molecular weight is 271 g/mol. The van der Waals surface area contributed by atoms with E-state index in [1.807, 2.05) is 0 Å². The van der Waals surface area contributed by atoms with Crippen molar-refractivity contribution < 1.29 is 9.53 Å². The van der Waals surface area contributed by atoms with E-state index < -0.39 is 0 Å². The summed E-state index contributed by atoms with van der Waals surface area (Å²) in [7, 11) is 0. The fraction of sp³-hybridized carbons (Fsp3) is 0.929. The molecule has 112 valence electrons. The van der Waals surface area contributed by atoms with E-state index in [0.717, 1.165) is 45.6 Å². The number of nitrogens with zero attached hydrogens (tertiary/aromatic N) is 1. The van der Waals surface area contributed by atoms with E-state index >= 15 is 0 Å². The lowest BCUT2D eigenvalue weighted by Crippen LogP contribution is -2.56. The highest BCUT2D eigenvalue weighted by Crippen LogP contribution is 2.15. The minimum atomic E-state index is -0.375. The SMILES string of the molecule is CCCCC(N)C(=O)NCC(C)(C)N1CCOCC1. The van der Waals surface area contributed by atoms with E-state index in [9.17, 15) is 4.79 Å². The van der Waals surface area contributed by atoms with Crippen molar-refractivity contribution in [3.63, 3.8) is 0 Å². The summed E-state index contributed by atoms with van der Waals surface area (Å²) in [4.78, 5) is 14.3. The molecule has 0 aromatic heterocycles. The lowest BCUT2D eigenvalue weighted by Gasteiger charge is -2.41. The average Bonchev–Trinajstić information content (AvgIpc) is 2.43. The molecule has 19 heavy (non-hydrogen) atoms. The van der Waals surface area contributed by atoms with Crippen molar-refractivity contribution in [1.82, 2.24) is 10.2 Å². The van der Waals surface area contributed by atoms with Gasteiger partial charge in [0.05, 0.1) is 19.3 Å². The van der Waals surface area contributed by atoms with Crippen LogP contribution in [0.5, 0.6) is 0 Å². The predicted molar refractivity (Wildman–Crippen MR) is 77.0 cm³/mol. The van der Waals surface area contributed by atoms with Gasteiger partial charge in [-0.05, 0) is 20.3 Å². The number of unbranched alkanes of at least 4 members (excludes halogenated alkanes) is 1. The fourth-order valence-corrected chi connectivity index (χ4v) is 2.27. The van der Waals surface area contributed by atoms with Gasteiger partial charge >= 0.3 is 0 Å². The Labute approximate surface area is 116 Å². The highest BCUT2D eigenvalue weighted by Gasteiger charge is 2.29. The Hall–Kier alpha value is -0.650.